The summed E-state index contributed by atoms with van der Waals surface area (Å²) in [5, 5.41) is 0.706. The molecule has 14 heavy (non-hydrogen) atoms. The van der Waals surface area contributed by atoms with E-state index in [1.807, 2.05) is 36.0 Å². The van der Waals surface area contributed by atoms with E-state index in [1.165, 1.54) is 12.2 Å². The van der Waals surface area contributed by atoms with Gasteiger partial charge in [0, 0.05) is 5.25 Å². The van der Waals surface area contributed by atoms with E-state index >= 15 is 0 Å². The fourth-order valence-corrected chi connectivity index (χ4v) is 2.01. The molecule has 1 aliphatic heterocycles. The van der Waals surface area contributed by atoms with Gasteiger partial charge in [0.05, 0.1) is 7.11 Å². The number of hydrogen-bond donors (Lipinski definition) is 0. The predicted octanol–water partition coefficient (Wildman–Crippen LogP) is 2.58. The van der Waals surface area contributed by atoms with Crippen molar-refractivity contribution in [2.75, 3.05) is 19.5 Å². The van der Waals surface area contributed by atoms with Crippen molar-refractivity contribution in [1.82, 2.24) is 0 Å². The smallest absolute Gasteiger partial charge is 0.119 e. The molecule has 0 aliphatic carbocycles. The maximum atomic E-state index is 5.63. The molecule has 1 aromatic rings. The van der Waals surface area contributed by atoms with Crippen LogP contribution >= 0.6 is 11.8 Å². The molecule has 76 valence electrons. The Balaban J connectivity index is 1.83. The van der Waals surface area contributed by atoms with Crippen LogP contribution in [0.3, 0.4) is 0 Å². The van der Waals surface area contributed by atoms with Gasteiger partial charge in [0.15, 0.2) is 0 Å². The highest BCUT2D eigenvalue weighted by Crippen LogP contribution is 2.28. The maximum absolute atomic E-state index is 5.63. The second kappa shape index (κ2) is 4.60. The van der Waals surface area contributed by atoms with Crippen LogP contribution in [0.15, 0.2) is 24.3 Å². The van der Waals surface area contributed by atoms with Crippen LogP contribution in [0, 0.1) is 0 Å². The van der Waals surface area contributed by atoms with Crippen molar-refractivity contribution >= 4 is 11.8 Å². The van der Waals surface area contributed by atoms with Gasteiger partial charge in [-0.05, 0) is 36.4 Å². The first kappa shape index (κ1) is 9.71. The molecule has 1 atom stereocenters. The third-order valence-electron chi connectivity index (χ3n) is 2.29. The standard InChI is InChI=1S/C11H14O2S/c1-12-9-2-4-10(5-3-9)13-8-11-6-7-14-11/h2-5,11H,6-8H2,1H3. The van der Waals surface area contributed by atoms with Crippen molar-refractivity contribution in [3.63, 3.8) is 0 Å². The van der Waals surface area contributed by atoms with Crippen molar-refractivity contribution < 1.29 is 9.47 Å². The molecule has 0 bridgehead atoms. The summed E-state index contributed by atoms with van der Waals surface area (Å²) < 4.78 is 10.7. The molecule has 2 nitrogen and oxygen atoms in total. The van der Waals surface area contributed by atoms with Gasteiger partial charge in [-0.1, -0.05) is 0 Å². The van der Waals surface area contributed by atoms with Crippen LogP contribution in [0.5, 0.6) is 11.5 Å². The molecule has 1 aliphatic rings. The first-order chi connectivity index (χ1) is 6.88. The Morgan fingerprint density at radius 3 is 2.43 bits per heavy atom. The van der Waals surface area contributed by atoms with Crippen LogP contribution in [-0.2, 0) is 0 Å². The average Bonchev–Trinajstić information content (AvgIpc) is 2.16. The third-order valence-corrected chi connectivity index (χ3v) is 3.60. The van der Waals surface area contributed by atoms with Gasteiger partial charge in [-0.15, -0.1) is 0 Å². The molecule has 3 heteroatoms. The Morgan fingerprint density at radius 2 is 1.93 bits per heavy atom. The molecule has 1 unspecified atom stereocenters. The molecule has 1 heterocycles. The van der Waals surface area contributed by atoms with Crippen molar-refractivity contribution in [2.24, 2.45) is 0 Å². The second-order valence-electron chi connectivity index (χ2n) is 3.27. The van der Waals surface area contributed by atoms with Crippen molar-refractivity contribution in [3.8, 4) is 11.5 Å². The van der Waals surface area contributed by atoms with Gasteiger partial charge in [0.2, 0.25) is 0 Å². The summed E-state index contributed by atoms with van der Waals surface area (Å²) in [5.74, 6) is 3.09. The highest BCUT2D eigenvalue weighted by molar-refractivity contribution is 8.01. The molecule has 1 saturated heterocycles. The summed E-state index contributed by atoms with van der Waals surface area (Å²) in [7, 11) is 1.67. The summed E-state index contributed by atoms with van der Waals surface area (Å²) in [5.41, 5.74) is 0. The van der Waals surface area contributed by atoms with Crippen LogP contribution < -0.4 is 9.47 Å². The molecule has 1 fully saturated rings. The third kappa shape index (κ3) is 2.35. The maximum Gasteiger partial charge on any atom is 0.119 e. The number of thioether (sulfide) groups is 1. The number of ether oxygens (including phenoxy) is 2. The lowest BCUT2D eigenvalue weighted by atomic mass is 10.3. The Morgan fingerprint density at radius 1 is 1.29 bits per heavy atom. The topological polar surface area (TPSA) is 18.5 Å². The summed E-state index contributed by atoms with van der Waals surface area (Å²) in [6, 6.07) is 7.73. The Kier molecular flexibility index (Phi) is 3.19. The minimum absolute atomic E-state index is 0.706. The summed E-state index contributed by atoms with van der Waals surface area (Å²) in [4.78, 5) is 0. The Labute approximate surface area is 88.6 Å². The van der Waals surface area contributed by atoms with Crippen LogP contribution in [0.4, 0.5) is 0 Å². The Hall–Kier alpha value is -0.830. The van der Waals surface area contributed by atoms with Gasteiger partial charge in [-0.3, -0.25) is 0 Å². The fraction of sp³-hybridized carbons (Fsp3) is 0.455. The molecule has 0 spiro atoms. The molecular formula is C11H14O2S. The number of hydrogen-bond acceptors (Lipinski definition) is 3. The van der Waals surface area contributed by atoms with E-state index in [4.69, 9.17) is 9.47 Å². The fourth-order valence-electron chi connectivity index (χ4n) is 1.28. The lowest BCUT2D eigenvalue weighted by Crippen LogP contribution is -2.23. The van der Waals surface area contributed by atoms with E-state index < -0.39 is 0 Å². The summed E-state index contributed by atoms with van der Waals surface area (Å²) in [6.45, 7) is 0.830. The lowest BCUT2D eigenvalue weighted by Gasteiger charge is -2.24. The van der Waals surface area contributed by atoms with Crippen LogP contribution in [0.25, 0.3) is 0 Å². The van der Waals surface area contributed by atoms with Gasteiger partial charge in [-0.25, -0.2) is 0 Å². The van der Waals surface area contributed by atoms with Gasteiger partial charge in [-0.2, -0.15) is 11.8 Å². The second-order valence-corrected chi connectivity index (χ2v) is 4.68. The van der Waals surface area contributed by atoms with E-state index in [0.29, 0.717) is 5.25 Å². The minimum atomic E-state index is 0.706. The Bertz CT molecular complexity index is 280. The first-order valence-electron chi connectivity index (χ1n) is 4.77. The highest BCUT2D eigenvalue weighted by Gasteiger charge is 2.18. The SMILES string of the molecule is COc1ccc(OCC2CCS2)cc1. The predicted molar refractivity (Wildman–Crippen MR) is 59.4 cm³/mol. The van der Waals surface area contributed by atoms with Crippen molar-refractivity contribution in [3.05, 3.63) is 24.3 Å². The summed E-state index contributed by atoms with van der Waals surface area (Å²) in [6.07, 6.45) is 1.29. The van der Waals surface area contributed by atoms with E-state index in [1.54, 1.807) is 7.11 Å². The van der Waals surface area contributed by atoms with Crippen LogP contribution in [-0.4, -0.2) is 24.7 Å². The van der Waals surface area contributed by atoms with Gasteiger partial charge >= 0.3 is 0 Å². The molecule has 2 rings (SSSR count). The minimum Gasteiger partial charge on any atom is -0.497 e. The zero-order valence-corrected chi connectivity index (χ0v) is 9.05. The molecule has 1 aromatic carbocycles. The quantitative estimate of drug-likeness (QED) is 0.761. The van der Waals surface area contributed by atoms with E-state index in [-0.39, 0.29) is 0 Å². The number of methoxy groups -OCH3 is 1. The lowest BCUT2D eigenvalue weighted by molar-refractivity contribution is 0.310. The summed E-state index contributed by atoms with van der Waals surface area (Å²) >= 11 is 1.98. The number of benzene rings is 1. The molecular weight excluding hydrogens is 196 g/mol. The van der Waals surface area contributed by atoms with E-state index in [2.05, 4.69) is 0 Å². The van der Waals surface area contributed by atoms with Gasteiger partial charge in [0.25, 0.3) is 0 Å². The molecule has 0 saturated carbocycles. The molecule has 0 radical (unpaired) electrons. The average molecular weight is 210 g/mol. The highest BCUT2D eigenvalue weighted by atomic mass is 32.2. The van der Waals surface area contributed by atoms with Crippen LogP contribution in [0.2, 0.25) is 0 Å². The monoisotopic (exact) mass is 210 g/mol. The number of rotatable bonds is 4. The van der Waals surface area contributed by atoms with Crippen molar-refractivity contribution in [1.29, 1.82) is 0 Å². The van der Waals surface area contributed by atoms with Crippen molar-refractivity contribution in [2.45, 2.75) is 11.7 Å². The normalized spacial score (nSPS) is 19.9. The molecule has 0 amide bonds. The zero-order valence-electron chi connectivity index (χ0n) is 8.23. The largest absolute Gasteiger partial charge is 0.497 e. The van der Waals surface area contributed by atoms with Gasteiger partial charge in [0.1, 0.15) is 18.1 Å². The molecule has 0 aromatic heterocycles. The molecule has 0 N–H and O–H groups in total. The van der Waals surface area contributed by atoms with E-state index in [0.717, 1.165) is 18.1 Å². The first-order valence-corrected chi connectivity index (χ1v) is 5.82. The van der Waals surface area contributed by atoms with Crippen LogP contribution in [0.1, 0.15) is 6.42 Å². The van der Waals surface area contributed by atoms with Gasteiger partial charge < -0.3 is 9.47 Å². The zero-order chi connectivity index (χ0) is 9.80. The van der Waals surface area contributed by atoms with E-state index in [9.17, 15) is 0 Å².